The molecule has 3 rings (SSSR count). The van der Waals surface area contributed by atoms with Crippen molar-refractivity contribution >= 4 is 33.2 Å². The van der Waals surface area contributed by atoms with Gasteiger partial charge in [0.05, 0.1) is 11.7 Å². The zero-order chi connectivity index (χ0) is 18.0. The first-order valence-electron chi connectivity index (χ1n) is 7.90. The molecule has 10 heteroatoms. The van der Waals surface area contributed by atoms with Gasteiger partial charge >= 0.3 is 0 Å². The molecule has 136 valence electrons. The third kappa shape index (κ3) is 3.92. The molecule has 0 spiro atoms. The maximum atomic E-state index is 12.5. The van der Waals surface area contributed by atoms with E-state index in [9.17, 15) is 13.2 Å². The van der Waals surface area contributed by atoms with Crippen LogP contribution in [-0.4, -0.2) is 60.9 Å². The number of hydrogen-bond acceptors (Lipinski definition) is 7. The summed E-state index contributed by atoms with van der Waals surface area (Å²) in [4.78, 5) is 14.3. The Morgan fingerprint density at radius 1 is 1.36 bits per heavy atom. The first kappa shape index (κ1) is 18.1. The van der Waals surface area contributed by atoms with Gasteiger partial charge in [-0.05, 0) is 25.3 Å². The van der Waals surface area contributed by atoms with Crippen molar-refractivity contribution in [3.05, 3.63) is 29.3 Å². The third-order valence-electron chi connectivity index (χ3n) is 4.16. The predicted molar refractivity (Wildman–Crippen MR) is 94.0 cm³/mol. The molecule has 0 bridgehead atoms. The standard InChI is InChI=1S/C15H20N4O4S2/c1-11-10-13(23-17-11)16-15(20)12(2)18-5-7-19(8-6-18)25(21,22)14-4-3-9-24-14/h3-4,9-10,12H,5-8H2,1-2H3,(H,16,20). The summed E-state index contributed by atoms with van der Waals surface area (Å²) < 4.78 is 31.9. The highest BCUT2D eigenvalue weighted by molar-refractivity contribution is 7.91. The maximum absolute atomic E-state index is 12.5. The van der Waals surface area contributed by atoms with E-state index in [2.05, 4.69) is 10.5 Å². The van der Waals surface area contributed by atoms with Crippen LogP contribution in [0.4, 0.5) is 5.88 Å². The number of thiophene rings is 1. The molecule has 1 aliphatic heterocycles. The fourth-order valence-electron chi connectivity index (χ4n) is 2.68. The number of aromatic nitrogens is 1. The molecule has 0 aromatic carbocycles. The van der Waals surface area contributed by atoms with Gasteiger partial charge in [-0.25, -0.2) is 8.42 Å². The summed E-state index contributed by atoms with van der Waals surface area (Å²) in [5.74, 6) is 0.110. The normalized spacial score (nSPS) is 18.2. The minimum Gasteiger partial charge on any atom is -0.338 e. The molecule has 1 N–H and O–H groups in total. The number of carbonyl (C=O) groups excluding carboxylic acids is 1. The Balaban J connectivity index is 1.57. The van der Waals surface area contributed by atoms with Crippen LogP contribution in [0, 0.1) is 6.92 Å². The zero-order valence-electron chi connectivity index (χ0n) is 14.0. The molecule has 1 unspecified atom stereocenters. The Labute approximate surface area is 150 Å². The molecule has 0 aliphatic carbocycles. The Bertz CT molecular complexity index is 824. The van der Waals surface area contributed by atoms with Crippen LogP contribution in [0.1, 0.15) is 12.6 Å². The van der Waals surface area contributed by atoms with Crippen LogP contribution in [-0.2, 0) is 14.8 Å². The number of hydrogen-bond donors (Lipinski definition) is 1. The van der Waals surface area contributed by atoms with E-state index in [4.69, 9.17) is 4.52 Å². The third-order valence-corrected chi connectivity index (χ3v) is 7.44. The zero-order valence-corrected chi connectivity index (χ0v) is 15.6. The minimum atomic E-state index is -3.43. The smallest absolute Gasteiger partial charge is 0.252 e. The molecule has 1 atom stereocenters. The van der Waals surface area contributed by atoms with Crippen molar-refractivity contribution in [2.45, 2.75) is 24.1 Å². The number of amides is 1. The van der Waals surface area contributed by atoms with Crippen molar-refractivity contribution in [2.75, 3.05) is 31.5 Å². The van der Waals surface area contributed by atoms with E-state index in [0.29, 0.717) is 42.0 Å². The molecule has 2 aromatic rings. The molecule has 2 aromatic heterocycles. The first-order valence-corrected chi connectivity index (χ1v) is 10.2. The van der Waals surface area contributed by atoms with E-state index in [-0.39, 0.29) is 5.91 Å². The van der Waals surface area contributed by atoms with Gasteiger partial charge < -0.3 is 4.52 Å². The second kappa shape index (κ2) is 7.24. The molecule has 25 heavy (non-hydrogen) atoms. The summed E-state index contributed by atoms with van der Waals surface area (Å²) in [5, 5.41) is 8.16. The molecule has 0 radical (unpaired) electrons. The summed E-state index contributed by atoms with van der Waals surface area (Å²) in [7, 11) is -3.43. The van der Waals surface area contributed by atoms with E-state index in [0.717, 1.165) is 0 Å². The number of nitrogens with zero attached hydrogens (tertiary/aromatic N) is 3. The molecule has 1 saturated heterocycles. The summed E-state index contributed by atoms with van der Waals surface area (Å²) in [6.07, 6.45) is 0. The number of sulfonamides is 1. The molecule has 3 heterocycles. The maximum Gasteiger partial charge on any atom is 0.252 e. The van der Waals surface area contributed by atoms with E-state index in [1.807, 2.05) is 4.90 Å². The minimum absolute atomic E-state index is 0.203. The van der Waals surface area contributed by atoms with Crippen molar-refractivity contribution in [1.82, 2.24) is 14.4 Å². The van der Waals surface area contributed by atoms with Crippen LogP contribution in [0.3, 0.4) is 0 Å². The highest BCUT2D eigenvalue weighted by Crippen LogP contribution is 2.22. The molecule has 0 saturated carbocycles. The van der Waals surface area contributed by atoms with Crippen LogP contribution in [0.15, 0.2) is 32.3 Å². The SMILES string of the molecule is Cc1cc(NC(=O)C(C)N2CCN(S(=O)(=O)c3cccs3)CC2)on1. The van der Waals surface area contributed by atoms with Gasteiger partial charge in [-0.2, -0.15) is 4.31 Å². The Kier molecular flexibility index (Phi) is 5.23. The summed E-state index contributed by atoms with van der Waals surface area (Å²) >= 11 is 1.22. The van der Waals surface area contributed by atoms with Gasteiger partial charge in [-0.15, -0.1) is 11.3 Å². The first-order chi connectivity index (χ1) is 11.9. The van der Waals surface area contributed by atoms with Gasteiger partial charge in [-0.1, -0.05) is 11.2 Å². The second-order valence-corrected chi connectivity index (χ2v) is 8.98. The Morgan fingerprint density at radius 3 is 2.64 bits per heavy atom. The quantitative estimate of drug-likeness (QED) is 0.837. The summed E-state index contributed by atoms with van der Waals surface area (Å²) in [6.45, 7) is 5.28. The largest absolute Gasteiger partial charge is 0.338 e. The summed E-state index contributed by atoms with van der Waals surface area (Å²) in [6, 6.07) is 4.60. The Morgan fingerprint density at radius 2 is 2.08 bits per heavy atom. The number of aryl methyl sites for hydroxylation is 1. The molecule has 1 amide bonds. The molecular weight excluding hydrogens is 364 g/mol. The number of carbonyl (C=O) groups is 1. The van der Waals surface area contributed by atoms with Gasteiger partial charge in [0.1, 0.15) is 4.21 Å². The lowest BCUT2D eigenvalue weighted by Gasteiger charge is -2.36. The highest BCUT2D eigenvalue weighted by Gasteiger charge is 2.32. The van der Waals surface area contributed by atoms with Gasteiger partial charge in [0.25, 0.3) is 10.0 Å². The average molecular weight is 384 g/mol. The van der Waals surface area contributed by atoms with Crippen LogP contribution < -0.4 is 5.32 Å². The van der Waals surface area contributed by atoms with Gasteiger partial charge in [0, 0.05) is 32.2 Å². The average Bonchev–Trinajstić information content (AvgIpc) is 3.26. The predicted octanol–water partition coefficient (Wildman–Crippen LogP) is 1.38. The number of piperazine rings is 1. The van der Waals surface area contributed by atoms with Crippen LogP contribution in [0.5, 0.6) is 0 Å². The number of rotatable bonds is 5. The van der Waals surface area contributed by atoms with Crippen LogP contribution in [0.25, 0.3) is 0 Å². The molecule has 1 fully saturated rings. The van der Waals surface area contributed by atoms with Gasteiger partial charge in [0.2, 0.25) is 11.8 Å². The van der Waals surface area contributed by atoms with Crippen molar-refractivity contribution < 1.29 is 17.7 Å². The lowest BCUT2D eigenvalue weighted by molar-refractivity contribution is -0.121. The van der Waals surface area contributed by atoms with E-state index >= 15 is 0 Å². The lowest BCUT2D eigenvalue weighted by Crippen LogP contribution is -2.53. The van der Waals surface area contributed by atoms with Crippen molar-refractivity contribution in [1.29, 1.82) is 0 Å². The number of nitrogens with one attached hydrogen (secondary N) is 1. The van der Waals surface area contributed by atoms with Crippen LogP contribution in [0.2, 0.25) is 0 Å². The number of anilines is 1. The monoisotopic (exact) mass is 384 g/mol. The van der Waals surface area contributed by atoms with E-state index < -0.39 is 16.1 Å². The van der Waals surface area contributed by atoms with Crippen molar-refractivity contribution in [2.24, 2.45) is 0 Å². The molecule has 8 nitrogen and oxygen atoms in total. The summed E-state index contributed by atoms with van der Waals surface area (Å²) in [5.41, 5.74) is 0.690. The topological polar surface area (TPSA) is 95.8 Å². The fraction of sp³-hybridized carbons (Fsp3) is 0.467. The second-order valence-electron chi connectivity index (χ2n) is 5.87. The highest BCUT2D eigenvalue weighted by atomic mass is 32.2. The van der Waals surface area contributed by atoms with E-state index in [1.165, 1.54) is 15.6 Å². The van der Waals surface area contributed by atoms with Gasteiger partial charge in [0.15, 0.2) is 0 Å². The van der Waals surface area contributed by atoms with Crippen molar-refractivity contribution in [3.63, 3.8) is 0 Å². The Hall–Kier alpha value is -1.75. The van der Waals surface area contributed by atoms with Gasteiger partial charge in [-0.3, -0.25) is 15.0 Å². The fourth-order valence-corrected chi connectivity index (χ4v) is 5.25. The van der Waals surface area contributed by atoms with Crippen molar-refractivity contribution in [3.8, 4) is 0 Å². The van der Waals surface area contributed by atoms with Crippen LogP contribution >= 0.6 is 11.3 Å². The van der Waals surface area contributed by atoms with E-state index in [1.54, 1.807) is 37.4 Å². The molecule has 1 aliphatic rings. The lowest BCUT2D eigenvalue weighted by atomic mass is 10.2. The molecular formula is C15H20N4O4S2.